The van der Waals surface area contributed by atoms with E-state index in [2.05, 4.69) is 0 Å². The van der Waals surface area contributed by atoms with Crippen LogP contribution in [0.1, 0.15) is 38.5 Å². The second kappa shape index (κ2) is 5.83. The summed E-state index contributed by atoms with van der Waals surface area (Å²) in [6.45, 7) is -0.442. The van der Waals surface area contributed by atoms with E-state index in [9.17, 15) is 4.79 Å². The average molecular weight is 242 g/mol. The number of esters is 1. The van der Waals surface area contributed by atoms with Crippen LogP contribution in [-0.2, 0) is 9.53 Å². The van der Waals surface area contributed by atoms with Gasteiger partial charge in [-0.2, -0.15) is 0 Å². The van der Waals surface area contributed by atoms with E-state index < -0.39 is 6.10 Å². The third-order valence-corrected chi connectivity index (χ3v) is 4.25. The van der Waals surface area contributed by atoms with E-state index in [4.69, 9.17) is 14.9 Å². The largest absolute Gasteiger partial charge is 0.463 e. The van der Waals surface area contributed by atoms with E-state index in [1.54, 1.807) is 0 Å². The molecule has 98 valence electrons. The first kappa shape index (κ1) is 12.8. The summed E-state index contributed by atoms with van der Waals surface area (Å²) in [5, 5.41) is 17.8. The van der Waals surface area contributed by atoms with Crippen LogP contribution in [0.25, 0.3) is 0 Å². The highest BCUT2D eigenvalue weighted by Gasteiger charge is 2.37. The van der Waals surface area contributed by atoms with E-state index in [1.807, 2.05) is 0 Å². The van der Waals surface area contributed by atoms with Crippen LogP contribution in [0, 0.1) is 17.8 Å². The van der Waals surface area contributed by atoms with Gasteiger partial charge in [-0.25, -0.2) is 0 Å². The van der Waals surface area contributed by atoms with Crippen molar-refractivity contribution in [3.8, 4) is 0 Å². The van der Waals surface area contributed by atoms with Crippen LogP contribution in [0.5, 0.6) is 0 Å². The van der Waals surface area contributed by atoms with E-state index in [0.717, 1.165) is 25.2 Å². The zero-order chi connectivity index (χ0) is 12.3. The molecular weight excluding hydrogens is 220 g/mol. The van der Waals surface area contributed by atoms with Crippen molar-refractivity contribution in [3.05, 3.63) is 0 Å². The van der Waals surface area contributed by atoms with Gasteiger partial charge in [-0.3, -0.25) is 4.79 Å². The van der Waals surface area contributed by atoms with Crippen molar-refractivity contribution in [2.45, 2.75) is 44.6 Å². The minimum absolute atomic E-state index is 0.0141. The first-order valence-corrected chi connectivity index (χ1v) is 6.66. The molecule has 2 rings (SSSR count). The predicted molar refractivity (Wildman–Crippen MR) is 62.2 cm³/mol. The van der Waals surface area contributed by atoms with E-state index in [0.29, 0.717) is 5.92 Å². The second-order valence-electron chi connectivity index (χ2n) is 5.43. The number of carbonyl (C=O) groups is 1. The molecule has 4 heteroatoms. The molecule has 0 bridgehead atoms. The van der Waals surface area contributed by atoms with Crippen molar-refractivity contribution in [2.75, 3.05) is 13.2 Å². The van der Waals surface area contributed by atoms with Gasteiger partial charge in [-0.15, -0.1) is 0 Å². The summed E-state index contributed by atoms with van der Waals surface area (Å²) in [5.74, 6) is 1.37. The van der Waals surface area contributed by atoms with Gasteiger partial charge in [0.2, 0.25) is 0 Å². The Labute approximate surface area is 102 Å². The van der Waals surface area contributed by atoms with Crippen molar-refractivity contribution in [1.29, 1.82) is 0 Å². The first-order valence-electron chi connectivity index (χ1n) is 6.66. The van der Waals surface area contributed by atoms with Crippen LogP contribution in [0.3, 0.4) is 0 Å². The van der Waals surface area contributed by atoms with Crippen LogP contribution >= 0.6 is 0 Å². The molecule has 0 amide bonds. The third kappa shape index (κ3) is 3.19. The predicted octanol–water partition coefficient (Wildman–Crippen LogP) is 1.10. The number of hydrogen-bond donors (Lipinski definition) is 2. The Morgan fingerprint density at radius 1 is 1.24 bits per heavy atom. The zero-order valence-electron chi connectivity index (χ0n) is 10.2. The Hall–Kier alpha value is -0.610. The molecule has 2 saturated carbocycles. The molecule has 0 aromatic rings. The van der Waals surface area contributed by atoms with E-state index in [-0.39, 0.29) is 25.1 Å². The lowest BCUT2D eigenvalue weighted by Gasteiger charge is -2.30. The van der Waals surface area contributed by atoms with Gasteiger partial charge >= 0.3 is 5.97 Å². The molecule has 4 unspecified atom stereocenters. The lowest BCUT2D eigenvalue weighted by molar-refractivity contribution is -0.154. The maximum absolute atomic E-state index is 11.8. The minimum atomic E-state index is -0.943. The summed E-state index contributed by atoms with van der Waals surface area (Å²) in [6, 6.07) is 0. The van der Waals surface area contributed by atoms with Crippen LogP contribution in [0.4, 0.5) is 0 Å². The van der Waals surface area contributed by atoms with Gasteiger partial charge in [-0.1, -0.05) is 19.3 Å². The SMILES string of the molecule is O=C(OCC(O)CO)C1CCC2CCCC2C1. The maximum atomic E-state index is 11.8. The molecule has 4 atom stereocenters. The quantitative estimate of drug-likeness (QED) is 0.724. The Morgan fingerprint density at radius 3 is 2.76 bits per heavy atom. The minimum Gasteiger partial charge on any atom is -0.463 e. The average Bonchev–Trinajstić information content (AvgIpc) is 2.82. The summed E-state index contributed by atoms with van der Waals surface area (Å²) in [7, 11) is 0. The molecule has 2 fully saturated rings. The fourth-order valence-corrected chi connectivity index (χ4v) is 3.27. The molecule has 0 saturated heterocycles. The molecule has 0 aliphatic heterocycles. The van der Waals surface area contributed by atoms with Gasteiger partial charge in [0.25, 0.3) is 0 Å². The number of aliphatic hydroxyl groups is 2. The lowest BCUT2D eigenvalue weighted by Crippen LogP contribution is -2.30. The molecule has 2 N–H and O–H groups in total. The maximum Gasteiger partial charge on any atom is 0.309 e. The van der Waals surface area contributed by atoms with E-state index >= 15 is 0 Å². The van der Waals surface area contributed by atoms with Gasteiger partial charge in [0.05, 0.1) is 12.5 Å². The summed E-state index contributed by atoms with van der Waals surface area (Å²) in [4.78, 5) is 11.8. The molecule has 0 aromatic carbocycles. The third-order valence-electron chi connectivity index (χ3n) is 4.25. The van der Waals surface area contributed by atoms with Gasteiger partial charge in [-0.05, 0) is 31.1 Å². The standard InChI is InChI=1S/C13H22O4/c14-7-12(15)8-17-13(16)11-5-4-9-2-1-3-10(9)6-11/h9-12,14-15H,1-8H2. The van der Waals surface area contributed by atoms with Gasteiger partial charge < -0.3 is 14.9 Å². The van der Waals surface area contributed by atoms with Crippen LogP contribution < -0.4 is 0 Å². The number of ether oxygens (including phenoxy) is 1. The zero-order valence-corrected chi connectivity index (χ0v) is 10.2. The molecule has 17 heavy (non-hydrogen) atoms. The molecule has 0 spiro atoms. The number of aliphatic hydroxyl groups excluding tert-OH is 2. The molecule has 0 heterocycles. The van der Waals surface area contributed by atoms with Crippen molar-refractivity contribution >= 4 is 5.97 Å². The van der Waals surface area contributed by atoms with Crippen LogP contribution in [-0.4, -0.2) is 35.5 Å². The number of carbonyl (C=O) groups excluding carboxylic acids is 1. The molecule has 4 nitrogen and oxygen atoms in total. The number of hydrogen-bond acceptors (Lipinski definition) is 4. The second-order valence-corrected chi connectivity index (χ2v) is 5.43. The van der Waals surface area contributed by atoms with E-state index in [1.165, 1.54) is 19.3 Å². The molecular formula is C13H22O4. The fraction of sp³-hybridized carbons (Fsp3) is 0.923. The van der Waals surface area contributed by atoms with Crippen molar-refractivity contribution in [3.63, 3.8) is 0 Å². The van der Waals surface area contributed by atoms with Gasteiger partial charge in [0.15, 0.2) is 0 Å². The van der Waals surface area contributed by atoms with Crippen LogP contribution in [0.15, 0.2) is 0 Å². The van der Waals surface area contributed by atoms with Crippen molar-refractivity contribution < 1.29 is 19.7 Å². The molecule has 2 aliphatic carbocycles. The highest BCUT2D eigenvalue weighted by atomic mass is 16.5. The highest BCUT2D eigenvalue weighted by Crippen LogP contribution is 2.44. The molecule has 2 aliphatic rings. The van der Waals surface area contributed by atoms with Gasteiger partial charge in [0.1, 0.15) is 12.7 Å². The number of fused-ring (bicyclic) bond motifs is 1. The van der Waals surface area contributed by atoms with Crippen molar-refractivity contribution in [2.24, 2.45) is 17.8 Å². The number of rotatable bonds is 4. The Kier molecular flexibility index (Phi) is 4.40. The lowest BCUT2D eigenvalue weighted by atomic mass is 9.76. The summed E-state index contributed by atoms with van der Waals surface area (Å²) in [5.41, 5.74) is 0. The molecule has 0 aromatic heterocycles. The molecule has 0 radical (unpaired) electrons. The normalized spacial score (nSPS) is 34.1. The topological polar surface area (TPSA) is 66.8 Å². The summed E-state index contributed by atoms with van der Waals surface area (Å²) < 4.78 is 5.03. The Balaban J connectivity index is 1.76. The first-order chi connectivity index (χ1) is 8.20. The smallest absolute Gasteiger partial charge is 0.309 e. The summed E-state index contributed by atoms with van der Waals surface area (Å²) >= 11 is 0. The monoisotopic (exact) mass is 242 g/mol. The Morgan fingerprint density at radius 2 is 2.00 bits per heavy atom. The Bertz CT molecular complexity index is 266. The van der Waals surface area contributed by atoms with Crippen LogP contribution in [0.2, 0.25) is 0 Å². The van der Waals surface area contributed by atoms with Crippen molar-refractivity contribution in [1.82, 2.24) is 0 Å². The van der Waals surface area contributed by atoms with Gasteiger partial charge in [0, 0.05) is 0 Å². The summed E-state index contributed by atoms with van der Waals surface area (Å²) in [6.07, 6.45) is 5.98. The highest BCUT2D eigenvalue weighted by molar-refractivity contribution is 5.72. The fourth-order valence-electron chi connectivity index (χ4n) is 3.27.